The summed E-state index contributed by atoms with van der Waals surface area (Å²) in [6.45, 7) is 0. The van der Waals surface area contributed by atoms with Gasteiger partial charge in [-0.2, -0.15) is 0 Å². The van der Waals surface area contributed by atoms with Crippen LogP contribution in [0.5, 0.6) is 0 Å². The van der Waals surface area contributed by atoms with Gasteiger partial charge in [0.25, 0.3) is 0 Å². The molecule has 0 N–H and O–H groups in total. The smallest absolute Gasteiger partial charge is 0.137 e. The van der Waals surface area contributed by atoms with E-state index in [-0.39, 0.29) is 65.9 Å². The molecule has 210 valence electrons. The number of furan rings is 1. The fourth-order valence-corrected chi connectivity index (χ4v) is 6.04. The molecule has 0 aliphatic carbocycles. The Kier molecular flexibility index (Phi) is 2.49. The molecule has 3 heteroatoms. The SMILES string of the molecule is [2H]c1c([2H])c([2H])c(-c2ccc3oc4cccc(-n5c6c([2H])c([2H])c([2H])c([2H])c6c6c([2H])c([2H])c(-n7c8c([2H])c([2H])c([2H])c([2H])c8c8c([2H])c([2H])c([2H])c([2H])c87)c([2H])c65)c4c3c2)c([2H])c1[2H]. The predicted octanol–water partition coefficient (Wildman–Crippen LogP) is 11.4. The van der Waals surface area contributed by atoms with Crippen LogP contribution in [0, 0.1) is 0 Å². The Bertz CT molecular complexity index is 3800. The summed E-state index contributed by atoms with van der Waals surface area (Å²) in [5.41, 5.74) is -1.29. The van der Waals surface area contributed by atoms with Gasteiger partial charge in [-0.15, -0.1) is 0 Å². The lowest BCUT2D eigenvalue weighted by molar-refractivity contribution is 0.669. The zero-order valence-electron chi connectivity index (χ0n) is 42.8. The van der Waals surface area contributed by atoms with E-state index in [1.165, 1.54) is 22.8 Å². The molecule has 10 rings (SSSR count). The quantitative estimate of drug-likeness (QED) is 0.199. The van der Waals surface area contributed by atoms with Crippen LogP contribution in [-0.4, -0.2) is 9.13 Å². The van der Waals surface area contributed by atoms with Crippen LogP contribution in [0.1, 0.15) is 27.4 Å². The maximum atomic E-state index is 10.0. The van der Waals surface area contributed by atoms with Gasteiger partial charge in [-0.3, -0.25) is 0 Å². The van der Waals surface area contributed by atoms with Crippen molar-refractivity contribution >= 4 is 65.6 Å². The van der Waals surface area contributed by atoms with Gasteiger partial charge in [0.05, 0.1) is 60.6 Å². The Morgan fingerprint density at radius 3 is 1.80 bits per heavy atom. The van der Waals surface area contributed by atoms with Crippen molar-refractivity contribution in [1.29, 1.82) is 0 Å². The third kappa shape index (κ3) is 3.46. The van der Waals surface area contributed by atoms with Crippen molar-refractivity contribution in [2.45, 2.75) is 0 Å². The summed E-state index contributed by atoms with van der Waals surface area (Å²) < 4.78 is 185. The zero-order valence-corrected chi connectivity index (χ0v) is 22.8. The molecule has 0 bridgehead atoms. The number of rotatable bonds is 3. The van der Waals surface area contributed by atoms with Crippen LogP contribution in [0.2, 0.25) is 0 Å². The van der Waals surface area contributed by atoms with Gasteiger partial charge in [-0.05, 0) is 65.6 Å². The molecule has 0 spiro atoms. The minimum absolute atomic E-state index is 0.104. The Morgan fingerprint density at radius 2 is 1.09 bits per heavy atom. The summed E-state index contributed by atoms with van der Waals surface area (Å²) in [6, 6.07) is -3.84. The van der Waals surface area contributed by atoms with E-state index < -0.39 is 138 Å². The first-order chi connectivity index (χ1) is 30.6. The van der Waals surface area contributed by atoms with Crippen molar-refractivity contribution in [2.75, 3.05) is 0 Å². The molecule has 7 aromatic carbocycles. The van der Waals surface area contributed by atoms with Crippen molar-refractivity contribution in [3.63, 3.8) is 0 Å². The molecule has 0 fully saturated rings. The van der Waals surface area contributed by atoms with E-state index in [0.29, 0.717) is 5.39 Å². The second-order valence-electron chi connectivity index (χ2n) is 10.3. The number of aromatic nitrogens is 2. The normalized spacial score (nSPS) is 18.2. The van der Waals surface area contributed by atoms with Crippen LogP contribution in [-0.2, 0) is 0 Å². The maximum absolute atomic E-state index is 10.0. The number of para-hydroxylation sites is 3. The second-order valence-corrected chi connectivity index (χ2v) is 10.3. The lowest BCUT2D eigenvalue weighted by atomic mass is 10.0. The Morgan fingerprint density at radius 1 is 0.467 bits per heavy atom. The van der Waals surface area contributed by atoms with Gasteiger partial charge in [-0.25, -0.2) is 0 Å². The molecular formula is C42H26N2O. The molecule has 0 saturated carbocycles. The lowest BCUT2D eigenvalue weighted by Crippen LogP contribution is -1.97. The Balaban J connectivity index is 1.44. The number of fused-ring (bicyclic) bond motifs is 9. The van der Waals surface area contributed by atoms with Crippen molar-refractivity contribution in [1.82, 2.24) is 9.13 Å². The molecule has 0 unspecified atom stereocenters. The average Bonchev–Trinajstić information content (AvgIpc) is 3.97. The third-order valence-corrected chi connectivity index (χ3v) is 7.90. The zero-order chi connectivity index (χ0) is 46.9. The Hall–Kier alpha value is -6.06. The third-order valence-electron chi connectivity index (χ3n) is 7.90. The highest BCUT2D eigenvalue weighted by atomic mass is 16.3. The monoisotopic (exact) mass is 594 g/mol. The highest BCUT2D eigenvalue weighted by Crippen LogP contribution is 2.41. The molecule has 0 radical (unpaired) electrons. The second kappa shape index (κ2) is 9.22. The highest BCUT2D eigenvalue weighted by Gasteiger charge is 2.19. The van der Waals surface area contributed by atoms with E-state index in [4.69, 9.17) is 26.3 Å². The van der Waals surface area contributed by atoms with Crippen molar-refractivity contribution in [3.05, 3.63) is 157 Å². The molecule has 10 aromatic rings. The summed E-state index contributed by atoms with van der Waals surface area (Å²) in [6.07, 6.45) is 0. The van der Waals surface area contributed by atoms with Gasteiger partial charge in [0.2, 0.25) is 0 Å². The molecule has 3 nitrogen and oxygen atoms in total. The first kappa shape index (κ1) is 12.1. The summed E-state index contributed by atoms with van der Waals surface area (Å²) >= 11 is 0. The molecule has 0 aliphatic rings. The van der Waals surface area contributed by atoms with Crippen molar-refractivity contribution < 1.29 is 31.8 Å². The van der Waals surface area contributed by atoms with E-state index in [1.54, 1.807) is 18.2 Å². The van der Waals surface area contributed by atoms with E-state index in [2.05, 4.69) is 0 Å². The fraction of sp³-hybridized carbons (Fsp3) is 0. The van der Waals surface area contributed by atoms with Gasteiger partial charge in [0.15, 0.2) is 0 Å². The number of hydrogen-bond donors (Lipinski definition) is 0. The van der Waals surface area contributed by atoms with Gasteiger partial charge in [-0.1, -0.05) is 103 Å². The topological polar surface area (TPSA) is 23.0 Å². The molecule has 0 aliphatic heterocycles. The van der Waals surface area contributed by atoms with Crippen LogP contribution in [0.3, 0.4) is 0 Å². The van der Waals surface area contributed by atoms with Crippen LogP contribution >= 0.6 is 0 Å². The summed E-state index contributed by atoms with van der Waals surface area (Å²) in [5, 5.41) is -0.646. The first-order valence-electron chi connectivity index (χ1n) is 23.7. The number of benzene rings is 7. The summed E-state index contributed by atoms with van der Waals surface area (Å²) in [5.74, 6) is 0. The van der Waals surface area contributed by atoms with Gasteiger partial charge < -0.3 is 13.6 Å². The van der Waals surface area contributed by atoms with Crippen LogP contribution < -0.4 is 0 Å². The van der Waals surface area contributed by atoms with E-state index in [9.17, 15) is 5.48 Å². The maximum Gasteiger partial charge on any atom is 0.137 e. The highest BCUT2D eigenvalue weighted by molar-refractivity contribution is 6.15. The van der Waals surface area contributed by atoms with Crippen LogP contribution in [0.25, 0.3) is 88.1 Å². The Labute approximate surface area is 286 Å². The summed E-state index contributed by atoms with van der Waals surface area (Å²) in [4.78, 5) is 0. The van der Waals surface area contributed by atoms with Crippen LogP contribution in [0.4, 0.5) is 0 Å². The summed E-state index contributed by atoms with van der Waals surface area (Å²) in [7, 11) is 0. The predicted molar refractivity (Wildman–Crippen MR) is 188 cm³/mol. The van der Waals surface area contributed by atoms with Gasteiger partial charge in [0.1, 0.15) is 11.2 Å². The molecule has 0 saturated heterocycles. The molecule has 45 heavy (non-hydrogen) atoms. The van der Waals surface area contributed by atoms with Crippen molar-refractivity contribution in [2.24, 2.45) is 0 Å². The molecule has 3 heterocycles. The molecule has 0 amide bonds. The molecular weight excluding hydrogens is 548 g/mol. The minimum Gasteiger partial charge on any atom is -0.456 e. The van der Waals surface area contributed by atoms with E-state index in [1.807, 2.05) is 0 Å². The average molecular weight is 595 g/mol. The largest absolute Gasteiger partial charge is 0.456 e. The standard InChI is InChI=1S/C42H26N2O/c1-2-11-27(12-3-1)28-21-24-40-34(25-28)42-38(19-10-20-41(42)45-40)44-37-18-9-6-15-32(37)33-23-22-29(26-39(33)44)43-35-16-7-4-13-30(35)31-14-5-8-17-36(31)43/h1-26H/i1D,2D,3D,4D,5D,6D,7D,8D,9D,11D,12D,13D,14D,15D,16D,17D,18D,22D,23D,26D. The van der Waals surface area contributed by atoms with E-state index >= 15 is 0 Å². The number of hydrogen-bond acceptors (Lipinski definition) is 1. The van der Waals surface area contributed by atoms with Crippen LogP contribution in [0.15, 0.2) is 162 Å². The lowest BCUT2D eigenvalue weighted by Gasteiger charge is -2.12. The first-order valence-corrected chi connectivity index (χ1v) is 13.7. The van der Waals surface area contributed by atoms with Crippen molar-refractivity contribution in [3.8, 4) is 22.5 Å². The van der Waals surface area contributed by atoms with E-state index in [0.717, 1.165) is 4.57 Å². The number of nitrogens with zero attached hydrogens (tertiary/aromatic N) is 2. The molecule has 0 atom stereocenters. The molecule has 3 aromatic heterocycles. The van der Waals surface area contributed by atoms with Gasteiger partial charge in [0, 0.05) is 32.6 Å². The fourth-order valence-electron chi connectivity index (χ4n) is 6.04. The van der Waals surface area contributed by atoms with Gasteiger partial charge >= 0.3 is 0 Å². The minimum atomic E-state index is -0.775.